The van der Waals surface area contributed by atoms with E-state index in [-0.39, 0.29) is 18.4 Å². The van der Waals surface area contributed by atoms with Gasteiger partial charge in [0.25, 0.3) is 5.91 Å². The van der Waals surface area contributed by atoms with E-state index in [9.17, 15) is 9.59 Å². The molecule has 5 nitrogen and oxygen atoms in total. The summed E-state index contributed by atoms with van der Waals surface area (Å²) in [4.78, 5) is 24.9. The molecule has 0 aromatic heterocycles. The third-order valence-corrected chi connectivity index (χ3v) is 2.96. The van der Waals surface area contributed by atoms with Crippen LogP contribution >= 0.6 is 11.6 Å². The van der Waals surface area contributed by atoms with Crippen LogP contribution in [-0.4, -0.2) is 37.4 Å². The van der Waals surface area contributed by atoms with E-state index in [1.165, 1.54) is 4.90 Å². The number of alkyl halides is 1. The third kappa shape index (κ3) is 2.41. The summed E-state index contributed by atoms with van der Waals surface area (Å²) in [6, 6.07) is 6.51. The fourth-order valence-electron chi connectivity index (χ4n) is 1.79. The Morgan fingerprint density at radius 3 is 3.00 bits per heavy atom. The summed E-state index contributed by atoms with van der Waals surface area (Å²) in [5.41, 5.74) is 0.685. The number of amides is 2. The molecule has 0 saturated carbocycles. The van der Waals surface area contributed by atoms with Crippen LogP contribution in [0.25, 0.3) is 0 Å². The number of rotatable bonds is 2. The lowest BCUT2D eigenvalue weighted by Gasteiger charge is -2.19. The van der Waals surface area contributed by atoms with Gasteiger partial charge in [-0.1, -0.05) is 12.1 Å². The second-order valence-corrected chi connectivity index (χ2v) is 4.20. The molecular formula is C12H13ClN2O3. The van der Waals surface area contributed by atoms with Crippen molar-refractivity contribution in [3.63, 3.8) is 0 Å². The van der Waals surface area contributed by atoms with Gasteiger partial charge in [0.15, 0.2) is 0 Å². The van der Waals surface area contributed by atoms with E-state index in [4.69, 9.17) is 16.3 Å². The molecule has 0 radical (unpaired) electrons. The number of nitrogens with zero attached hydrogens (tertiary/aromatic N) is 1. The summed E-state index contributed by atoms with van der Waals surface area (Å²) in [5.74, 6) is -0.173. The number of para-hydroxylation sites is 2. The molecule has 0 saturated heterocycles. The Hall–Kier alpha value is -1.75. The van der Waals surface area contributed by atoms with Gasteiger partial charge in [-0.15, -0.1) is 11.6 Å². The van der Waals surface area contributed by atoms with Crippen molar-refractivity contribution in [3.8, 4) is 5.75 Å². The first-order chi connectivity index (χ1) is 8.63. The van der Waals surface area contributed by atoms with Gasteiger partial charge in [-0.25, -0.2) is 0 Å². The van der Waals surface area contributed by atoms with Gasteiger partial charge in [0.2, 0.25) is 5.91 Å². The number of anilines is 1. The predicted molar refractivity (Wildman–Crippen MR) is 68.0 cm³/mol. The van der Waals surface area contributed by atoms with Crippen molar-refractivity contribution in [3.05, 3.63) is 24.3 Å². The first-order valence-corrected chi connectivity index (χ1v) is 6.01. The maximum atomic E-state index is 12.1. The van der Waals surface area contributed by atoms with Gasteiger partial charge in [0, 0.05) is 7.05 Å². The standard InChI is InChI=1S/C12H13ClN2O3/c1-15-9-4-2-3-5-10(9)18-7-8(12(15)17)14-11(16)6-13/h2-5,8H,6-7H2,1H3,(H,14,16)/t8-/m1/s1. The first-order valence-electron chi connectivity index (χ1n) is 5.48. The molecule has 0 unspecified atom stereocenters. The number of benzene rings is 1. The van der Waals surface area contributed by atoms with Gasteiger partial charge in [0.1, 0.15) is 24.3 Å². The Bertz CT molecular complexity index is 478. The number of carbonyl (C=O) groups excluding carboxylic acids is 2. The highest BCUT2D eigenvalue weighted by Gasteiger charge is 2.29. The molecule has 1 N–H and O–H groups in total. The fourth-order valence-corrected chi connectivity index (χ4v) is 1.87. The lowest BCUT2D eigenvalue weighted by molar-refractivity contribution is -0.126. The molecule has 2 amide bonds. The molecule has 6 heteroatoms. The second-order valence-electron chi connectivity index (χ2n) is 3.93. The SMILES string of the molecule is CN1C(=O)[C@H](NC(=O)CCl)COc2ccccc21. The van der Waals surface area contributed by atoms with Crippen LogP contribution in [0.1, 0.15) is 0 Å². The monoisotopic (exact) mass is 268 g/mol. The zero-order valence-corrected chi connectivity index (χ0v) is 10.6. The van der Waals surface area contributed by atoms with Gasteiger partial charge < -0.3 is 15.0 Å². The zero-order chi connectivity index (χ0) is 13.1. The van der Waals surface area contributed by atoms with E-state index in [0.717, 1.165) is 0 Å². The lowest BCUT2D eigenvalue weighted by Crippen LogP contribution is -2.49. The molecule has 1 aromatic carbocycles. The van der Waals surface area contributed by atoms with Crippen molar-refractivity contribution in [2.24, 2.45) is 0 Å². The molecule has 1 aliphatic rings. The molecule has 0 aliphatic carbocycles. The molecular weight excluding hydrogens is 256 g/mol. The maximum absolute atomic E-state index is 12.1. The van der Waals surface area contributed by atoms with Gasteiger partial charge >= 0.3 is 0 Å². The summed E-state index contributed by atoms with van der Waals surface area (Å²) in [6.45, 7) is 0.100. The minimum atomic E-state index is -0.714. The summed E-state index contributed by atoms with van der Waals surface area (Å²) in [5, 5.41) is 2.54. The van der Waals surface area contributed by atoms with Crippen molar-refractivity contribution in [2.75, 3.05) is 24.4 Å². The molecule has 1 aromatic rings. The number of likely N-dealkylation sites (N-methyl/N-ethyl adjacent to an activating group) is 1. The van der Waals surface area contributed by atoms with Crippen LogP contribution in [0.2, 0.25) is 0 Å². The van der Waals surface area contributed by atoms with E-state index < -0.39 is 11.9 Å². The van der Waals surface area contributed by atoms with E-state index in [0.29, 0.717) is 11.4 Å². The van der Waals surface area contributed by atoms with Crippen LogP contribution in [0.4, 0.5) is 5.69 Å². The Morgan fingerprint density at radius 1 is 1.56 bits per heavy atom. The molecule has 18 heavy (non-hydrogen) atoms. The second kappa shape index (κ2) is 5.27. The van der Waals surface area contributed by atoms with Crippen LogP contribution < -0.4 is 15.0 Å². The largest absolute Gasteiger partial charge is 0.489 e. The van der Waals surface area contributed by atoms with Crippen molar-refractivity contribution >= 4 is 29.1 Å². The smallest absolute Gasteiger partial charge is 0.252 e. The van der Waals surface area contributed by atoms with Crippen molar-refractivity contribution in [1.82, 2.24) is 5.32 Å². The zero-order valence-electron chi connectivity index (χ0n) is 9.85. The number of ether oxygens (including phenoxy) is 1. The highest BCUT2D eigenvalue weighted by atomic mass is 35.5. The molecule has 0 fully saturated rings. The quantitative estimate of drug-likeness (QED) is 0.806. The van der Waals surface area contributed by atoms with Gasteiger partial charge in [-0.3, -0.25) is 9.59 Å². The fraction of sp³-hybridized carbons (Fsp3) is 0.333. The Labute approximate surface area is 110 Å². The Kier molecular flexibility index (Phi) is 3.72. The molecule has 2 rings (SSSR count). The minimum Gasteiger partial charge on any atom is -0.489 e. The van der Waals surface area contributed by atoms with Crippen LogP contribution in [0.3, 0.4) is 0 Å². The van der Waals surface area contributed by atoms with Gasteiger partial charge in [-0.2, -0.15) is 0 Å². The molecule has 0 spiro atoms. The topological polar surface area (TPSA) is 58.6 Å². The third-order valence-electron chi connectivity index (χ3n) is 2.72. The minimum absolute atomic E-state index is 0.100. The van der Waals surface area contributed by atoms with Crippen molar-refractivity contribution < 1.29 is 14.3 Å². The number of nitrogens with one attached hydrogen (secondary N) is 1. The normalized spacial score (nSPS) is 18.7. The van der Waals surface area contributed by atoms with Gasteiger partial charge in [-0.05, 0) is 12.1 Å². The average molecular weight is 269 g/mol. The number of carbonyl (C=O) groups is 2. The number of halogens is 1. The first kappa shape index (κ1) is 12.7. The summed E-state index contributed by atoms with van der Waals surface area (Å²) in [7, 11) is 1.65. The Morgan fingerprint density at radius 2 is 2.28 bits per heavy atom. The average Bonchev–Trinajstić information content (AvgIpc) is 2.51. The molecule has 96 valence electrons. The van der Waals surface area contributed by atoms with E-state index >= 15 is 0 Å². The lowest BCUT2D eigenvalue weighted by atomic mass is 10.2. The summed E-state index contributed by atoms with van der Waals surface area (Å²) in [6.07, 6.45) is 0. The summed E-state index contributed by atoms with van der Waals surface area (Å²) >= 11 is 5.41. The van der Waals surface area contributed by atoms with Crippen molar-refractivity contribution in [1.29, 1.82) is 0 Å². The number of fused-ring (bicyclic) bond motifs is 1. The van der Waals surface area contributed by atoms with E-state index in [1.807, 2.05) is 12.1 Å². The van der Waals surface area contributed by atoms with E-state index in [2.05, 4.69) is 5.32 Å². The Balaban J connectivity index is 2.23. The number of hydrogen-bond donors (Lipinski definition) is 1. The molecule has 0 bridgehead atoms. The van der Waals surface area contributed by atoms with Crippen molar-refractivity contribution in [2.45, 2.75) is 6.04 Å². The van der Waals surface area contributed by atoms with Crippen LogP contribution in [-0.2, 0) is 9.59 Å². The molecule has 1 atom stereocenters. The highest BCUT2D eigenvalue weighted by molar-refractivity contribution is 6.27. The maximum Gasteiger partial charge on any atom is 0.252 e. The van der Waals surface area contributed by atoms with Gasteiger partial charge in [0.05, 0.1) is 5.69 Å². The molecule has 1 aliphatic heterocycles. The van der Waals surface area contributed by atoms with Crippen LogP contribution in [0, 0.1) is 0 Å². The predicted octanol–water partition coefficient (Wildman–Crippen LogP) is 0.765. The van der Waals surface area contributed by atoms with E-state index in [1.54, 1.807) is 19.2 Å². The highest BCUT2D eigenvalue weighted by Crippen LogP contribution is 2.29. The van der Waals surface area contributed by atoms with Crippen LogP contribution in [0.15, 0.2) is 24.3 Å². The summed E-state index contributed by atoms with van der Waals surface area (Å²) < 4.78 is 5.53. The number of hydrogen-bond acceptors (Lipinski definition) is 3. The molecule has 1 heterocycles. The van der Waals surface area contributed by atoms with Crippen LogP contribution in [0.5, 0.6) is 5.75 Å².